The maximum Gasteiger partial charge on any atom is 0.149 e. The second-order valence-corrected chi connectivity index (χ2v) is 6.55. The molecule has 1 heterocycles. The van der Waals surface area contributed by atoms with Gasteiger partial charge in [-0.3, -0.25) is 9.69 Å². The average molecular weight is 235 g/mol. The maximum absolute atomic E-state index is 12.1. The van der Waals surface area contributed by atoms with Crippen LogP contribution < -0.4 is 0 Å². The third kappa shape index (κ3) is 1.53. The van der Waals surface area contributed by atoms with Crippen LogP contribution in [0.4, 0.5) is 0 Å². The summed E-state index contributed by atoms with van der Waals surface area (Å²) in [7, 11) is 0. The normalized spacial score (nSPS) is 39.3. The molecular weight excluding hydrogens is 210 g/mol. The fourth-order valence-corrected chi connectivity index (χ4v) is 4.82. The lowest BCUT2D eigenvalue weighted by Gasteiger charge is -2.20. The summed E-state index contributed by atoms with van der Waals surface area (Å²) in [6, 6.07) is 0.255. The van der Waals surface area contributed by atoms with Gasteiger partial charge in [0, 0.05) is 13.0 Å². The summed E-state index contributed by atoms with van der Waals surface area (Å²) in [6.07, 6.45) is 9.05. The van der Waals surface area contributed by atoms with Gasteiger partial charge in [0.2, 0.25) is 0 Å². The summed E-state index contributed by atoms with van der Waals surface area (Å²) in [6.45, 7) is 6.48. The van der Waals surface area contributed by atoms with Crippen LogP contribution in [0, 0.1) is 10.8 Å². The molecule has 1 aliphatic heterocycles. The molecule has 1 saturated heterocycles. The molecule has 0 radical (unpaired) electrons. The van der Waals surface area contributed by atoms with Crippen LogP contribution >= 0.6 is 0 Å². The van der Waals surface area contributed by atoms with Crippen LogP contribution in [0.15, 0.2) is 0 Å². The van der Waals surface area contributed by atoms with Gasteiger partial charge in [-0.2, -0.15) is 0 Å². The maximum atomic E-state index is 12.1. The predicted molar refractivity (Wildman–Crippen MR) is 68.9 cm³/mol. The van der Waals surface area contributed by atoms with E-state index in [4.69, 9.17) is 0 Å². The van der Waals surface area contributed by atoms with Crippen molar-refractivity contribution in [3.05, 3.63) is 0 Å². The summed E-state index contributed by atoms with van der Waals surface area (Å²) in [5, 5.41) is 0. The Bertz CT molecular complexity index is 332. The molecule has 0 aromatic carbocycles. The van der Waals surface area contributed by atoms with Crippen LogP contribution in [0.3, 0.4) is 0 Å². The van der Waals surface area contributed by atoms with E-state index in [1.807, 2.05) is 6.92 Å². The minimum Gasteiger partial charge on any atom is -0.298 e. The summed E-state index contributed by atoms with van der Waals surface area (Å²) in [5.41, 5.74) is 1.22. The second kappa shape index (κ2) is 3.81. The fourth-order valence-electron chi connectivity index (χ4n) is 4.82. The van der Waals surface area contributed by atoms with Gasteiger partial charge in [-0.15, -0.1) is 0 Å². The van der Waals surface area contributed by atoms with E-state index in [0.29, 0.717) is 23.0 Å². The number of rotatable bonds is 3. The predicted octanol–water partition coefficient (Wildman–Crippen LogP) is 3.01. The van der Waals surface area contributed by atoms with Gasteiger partial charge in [0.15, 0.2) is 0 Å². The zero-order valence-electron chi connectivity index (χ0n) is 11.3. The molecule has 0 aromatic rings. The first kappa shape index (κ1) is 11.7. The topological polar surface area (TPSA) is 20.3 Å². The van der Waals surface area contributed by atoms with Gasteiger partial charge in [-0.1, -0.05) is 26.7 Å². The lowest BCUT2D eigenvalue weighted by atomic mass is 9.88. The van der Waals surface area contributed by atoms with Crippen LogP contribution in [0.2, 0.25) is 0 Å². The number of likely N-dealkylation sites (N-methyl/N-ethyl adjacent to an activating group) is 1. The van der Waals surface area contributed by atoms with Crippen molar-refractivity contribution < 1.29 is 4.79 Å². The highest BCUT2D eigenvalue weighted by Crippen LogP contribution is 2.75. The van der Waals surface area contributed by atoms with Crippen LogP contribution in [-0.4, -0.2) is 29.8 Å². The first-order chi connectivity index (χ1) is 8.16. The highest BCUT2D eigenvalue weighted by atomic mass is 16.1. The van der Waals surface area contributed by atoms with E-state index in [1.54, 1.807) is 0 Å². The SMILES string of the molecule is CCC(=O)[C@@H]1C[C@@]2(CN1CC)CC21CCCC1. The van der Waals surface area contributed by atoms with Crippen molar-refractivity contribution in [2.24, 2.45) is 10.8 Å². The zero-order valence-corrected chi connectivity index (χ0v) is 11.3. The van der Waals surface area contributed by atoms with Crippen molar-refractivity contribution in [3.8, 4) is 0 Å². The molecule has 2 saturated carbocycles. The zero-order chi connectivity index (χ0) is 12.1. The van der Waals surface area contributed by atoms with Gasteiger partial charge in [0.05, 0.1) is 6.04 Å². The van der Waals surface area contributed by atoms with Crippen LogP contribution in [0.25, 0.3) is 0 Å². The number of carbonyl (C=O) groups excluding carboxylic acids is 1. The van der Waals surface area contributed by atoms with Crippen LogP contribution in [-0.2, 0) is 4.79 Å². The molecule has 0 N–H and O–H groups in total. The molecule has 2 aliphatic carbocycles. The standard InChI is InChI=1S/C15H25NO/c1-3-13(17)12-9-15(11-16(12)4-2)10-14(15)7-5-6-8-14/h12H,3-11H2,1-2H3/t12-,15-/m0/s1. The number of hydrogen-bond donors (Lipinski definition) is 0. The molecule has 0 aromatic heterocycles. The number of likely N-dealkylation sites (tertiary alicyclic amines) is 1. The summed E-state index contributed by atoms with van der Waals surface area (Å²) >= 11 is 0. The first-order valence-electron chi connectivity index (χ1n) is 7.43. The number of nitrogens with zero attached hydrogens (tertiary/aromatic N) is 1. The van der Waals surface area contributed by atoms with E-state index in [-0.39, 0.29) is 6.04 Å². The summed E-state index contributed by atoms with van der Waals surface area (Å²) in [4.78, 5) is 14.5. The molecular formula is C15H25NO. The van der Waals surface area contributed by atoms with E-state index in [0.717, 1.165) is 6.54 Å². The van der Waals surface area contributed by atoms with Crippen molar-refractivity contribution >= 4 is 5.78 Å². The molecule has 3 aliphatic rings. The molecule has 2 nitrogen and oxygen atoms in total. The van der Waals surface area contributed by atoms with Crippen molar-refractivity contribution in [3.63, 3.8) is 0 Å². The Kier molecular flexibility index (Phi) is 2.62. The molecule has 3 rings (SSSR count). The largest absolute Gasteiger partial charge is 0.298 e. The summed E-state index contributed by atoms with van der Waals surface area (Å²) in [5.74, 6) is 0.476. The van der Waals surface area contributed by atoms with E-state index >= 15 is 0 Å². The van der Waals surface area contributed by atoms with Gasteiger partial charge < -0.3 is 0 Å². The van der Waals surface area contributed by atoms with Gasteiger partial charge in [-0.05, 0) is 43.1 Å². The van der Waals surface area contributed by atoms with Crippen LogP contribution in [0.1, 0.15) is 58.8 Å². The van der Waals surface area contributed by atoms with Gasteiger partial charge in [0.25, 0.3) is 0 Å². The molecule has 2 heteroatoms. The molecule has 17 heavy (non-hydrogen) atoms. The molecule has 0 bridgehead atoms. The van der Waals surface area contributed by atoms with Crippen molar-refractivity contribution in [2.75, 3.05) is 13.1 Å². The average Bonchev–Trinajstić information content (AvgIpc) is 2.74. The van der Waals surface area contributed by atoms with Crippen molar-refractivity contribution in [1.82, 2.24) is 4.90 Å². The number of Topliss-reactive ketones (excluding diaryl/α,β-unsaturated/α-hetero) is 1. The number of hydrogen-bond acceptors (Lipinski definition) is 2. The number of fused-ring (bicyclic) bond motifs is 1. The van der Waals surface area contributed by atoms with E-state index in [1.165, 1.54) is 45.1 Å². The van der Waals surface area contributed by atoms with Crippen LogP contribution in [0.5, 0.6) is 0 Å². The molecule has 0 unspecified atom stereocenters. The van der Waals surface area contributed by atoms with Gasteiger partial charge >= 0.3 is 0 Å². The molecule has 96 valence electrons. The number of ketones is 1. The Labute approximate surface area is 105 Å². The highest BCUT2D eigenvalue weighted by Gasteiger charge is 2.70. The van der Waals surface area contributed by atoms with E-state index in [9.17, 15) is 4.79 Å². The molecule has 0 amide bonds. The number of carbonyl (C=O) groups is 1. The quantitative estimate of drug-likeness (QED) is 0.749. The minimum absolute atomic E-state index is 0.255. The Morgan fingerprint density at radius 3 is 2.53 bits per heavy atom. The highest BCUT2D eigenvalue weighted by molar-refractivity contribution is 5.84. The minimum atomic E-state index is 0.255. The Morgan fingerprint density at radius 2 is 1.94 bits per heavy atom. The molecule has 3 fully saturated rings. The third-order valence-electron chi connectivity index (χ3n) is 5.89. The second-order valence-electron chi connectivity index (χ2n) is 6.55. The van der Waals surface area contributed by atoms with Gasteiger partial charge in [-0.25, -0.2) is 0 Å². The Hall–Kier alpha value is -0.370. The Morgan fingerprint density at radius 1 is 1.24 bits per heavy atom. The monoisotopic (exact) mass is 235 g/mol. The smallest absolute Gasteiger partial charge is 0.149 e. The third-order valence-corrected chi connectivity index (χ3v) is 5.89. The Balaban J connectivity index is 1.77. The lowest BCUT2D eigenvalue weighted by molar-refractivity contribution is -0.123. The van der Waals surface area contributed by atoms with E-state index < -0.39 is 0 Å². The van der Waals surface area contributed by atoms with Crippen molar-refractivity contribution in [1.29, 1.82) is 0 Å². The summed E-state index contributed by atoms with van der Waals surface area (Å²) < 4.78 is 0. The first-order valence-corrected chi connectivity index (χ1v) is 7.43. The fraction of sp³-hybridized carbons (Fsp3) is 0.933. The lowest BCUT2D eigenvalue weighted by Crippen LogP contribution is -2.35. The van der Waals surface area contributed by atoms with Gasteiger partial charge in [0.1, 0.15) is 5.78 Å². The molecule has 2 spiro atoms. The van der Waals surface area contributed by atoms with E-state index in [2.05, 4.69) is 11.8 Å². The molecule has 2 atom stereocenters. The van der Waals surface area contributed by atoms with Crippen molar-refractivity contribution in [2.45, 2.75) is 64.8 Å².